The van der Waals surface area contributed by atoms with Gasteiger partial charge in [0.25, 0.3) is 0 Å². The lowest BCUT2D eigenvalue weighted by molar-refractivity contribution is 0.355. The summed E-state index contributed by atoms with van der Waals surface area (Å²) in [4.78, 5) is 17.1. The van der Waals surface area contributed by atoms with Gasteiger partial charge in [-0.3, -0.25) is 0 Å². The summed E-state index contributed by atoms with van der Waals surface area (Å²) in [6.45, 7) is 13.2. The number of benzene rings is 2. The number of hydrogen-bond donors (Lipinski definition) is 2. The highest BCUT2D eigenvalue weighted by molar-refractivity contribution is 7.80. The fraction of sp³-hybridized carbons (Fsp3) is 0.433. The molecule has 2 N–H and O–H groups in total. The molecule has 200 valence electrons. The highest BCUT2D eigenvalue weighted by atomic mass is 32.1. The monoisotopic (exact) mass is 529 g/mol. The Bertz CT molecular complexity index is 1200. The molecule has 3 aromatic rings. The van der Waals surface area contributed by atoms with Crippen LogP contribution in [0.5, 0.6) is 0 Å². The largest absolute Gasteiger partial charge is 0.368 e. The number of hydrogen-bond acceptors (Lipinski definition) is 6. The number of thiocarbonyl (C=S) groups is 1. The Morgan fingerprint density at radius 3 is 2.11 bits per heavy atom. The average Bonchev–Trinajstić information content (AvgIpc) is 2.93. The number of para-hydroxylation sites is 1. The van der Waals surface area contributed by atoms with Gasteiger partial charge in [0.2, 0.25) is 5.95 Å². The van der Waals surface area contributed by atoms with Crippen molar-refractivity contribution in [1.82, 2.24) is 15.3 Å². The maximum Gasteiger partial charge on any atom is 0.232 e. The molecule has 0 radical (unpaired) electrons. The van der Waals surface area contributed by atoms with E-state index in [0.717, 1.165) is 50.9 Å². The summed E-state index contributed by atoms with van der Waals surface area (Å²) in [5.74, 6) is 3.76. The van der Waals surface area contributed by atoms with Crippen molar-refractivity contribution in [2.45, 2.75) is 33.7 Å². The van der Waals surface area contributed by atoms with Gasteiger partial charge in [-0.15, -0.1) is 0 Å². The number of aromatic nitrogens is 2. The minimum atomic E-state index is 0.531. The van der Waals surface area contributed by atoms with Crippen LogP contribution in [0.2, 0.25) is 0 Å². The molecule has 5 rings (SSSR count). The smallest absolute Gasteiger partial charge is 0.232 e. The molecule has 0 amide bonds. The number of rotatable bonds is 6. The van der Waals surface area contributed by atoms with E-state index in [2.05, 4.69) is 107 Å². The molecule has 38 heavy (non-hydrogen) atoms. The molecule has 2 atom stereocenters. The molecule has 0 bridgehead atoms. The third kappa shape index (κ3) is 6.72. The summed E-state index contributed by atoms with van der Waals surface area (Å²) < 4.78 is 0. The van der Waals surface area contributed by atoms with Crippen LogP contribution in [0.1, 0.15) is 31.4 Å². The molecule has 0 spiro atoms. The van der Waals surface area contributed by atoms with E-state index < -0.39 is 0 Å². The number of piperidine rings is 1. The van der Waals surface area contributed by atoms with Crippen LogP contribution in [-0.2, 0) is 6.54 Å². The van der Waals surface area contributed by atoms with Crippen molar-refractivity contribution < 1.29 is 0 Å². The first-order chi connectivity index (χ1) is 18.4. The van der Waals surface area contributed by atoms with Gasteiger partial charge < -0.3 is 25.3 Å². The average molecular weight is 530 g/mol. The van der Waals surface area contributed by atoms with Gasteiger partial charge in [0.1, 0.15) is 11.6 Å². The normalized spacial score (nSPS) is 19.8. The van der Waals surface area contributed by atoms with E-state index in [0.29, 0.717) is 29.4 Å². The van der Waals surface area contributed by atoms with Gasteiger partial charge in [0, 0.05) is 57.6 Å². The Labute approximate surface area is 232 Å². The van der Waals surface area contributed by atoms with Gasteiger partial charge in [-0.1, -0.05) is 61.9 Å². The Morgan fingerprint density at radius 2 is 1.45 bits per heavy atom. The zero-order valence-corrected chi connectivity index (χ0v) is 23.5. The summed E-state index contributed by atoms with van der Waals surface area (Å²) in [7, 11) is 0. The standard InChI is InChI=1S/C30H39N7S/c1-22-9-11-25(12-10-22)19-31-30(38)34-29-32-27(18-28(33-29)37-20-23(2)17-24(3)21-37)36-15-13-35(14-16-36)26-7-5-4-6-8-26/h4-12,18,23-24H,13-17,19-21H2,1-3H3,(H2,31,32,33,34,38)/t23-,24-/m1/s1. The molecule has 0 aliphatic carbocycles. The van der Waals surface area contributed by atoms with Crippen LogP contribution in [0.4, 0.5) is 23.3 Å². The number of piperazine rings is 1. The molecule has 2 aliphatic heterocycles. The molecule has 2 fully saturated rings. The summed E-state index contributed by atoms with van der Waals surface area (Å²) in [5.41, 5.74) is 3.71. The van der Waals surface area contributed by atoms with Crippen LogP contribution < -0.4 is 25.3 Å². The van der Waals surface area contributed by atoms with Crippen molar-refractivity contribution in [2.75, 3.05) is 59.3 Å². The van der Waals surface area contributed by atoms with E-state index in [9.17, 15) is 0 Å². The van der Waals surface area contributed by atoms with E-state index >= 15 is 0 Å². The van der Waals surface area contributed by atoms with Crippen LogP contribution in [0.15, 0.2) is 60.7 Å². The Hall–Kier alpha value is -3.39. The molecule has 2 aromatic carbocycles. The minimum Gasteiger partial charge on any atom is -0.368 e. The van der Waals surface area contributed by atoms with E-state index in [1.807, 2.05) is 0 Å². The number of anilines is 4. The van der Waals surface area contributed by atoms with Crippen LogP contribution in [0, 0.1) is 18.8 Å². The molecule has 3 heterocycles. The molecular formula is C30H39N7S. The number of nitrogens with zero attached hydrogens (tertiary/aromatic N) is 5. The van der Waals surface area contributed by atoms with Crippen LogP contribution >= 0.6 is 12.2 Å². The molecule has 1 aromatic heterocycles. The predicted molar refractivity (Wildman–Crippen MR) is 162 cm³/mol. The first kappa shape index (κ1) is 26.2. The highest BCUT2D eigenvalue weighted by Crippen LogP contribution is 2.29. The summed E-state index contributed by atoms with van der Waals surface area (Å²) in [6, 6.07) is 21.3. The van der Waals surface area contributed by atoms with Crippen molar-refractivity contribution in [1.29, 1.82) is 0 Å². The second-order valence-corrected chi connectivity index (χ2v) is 11.3. The zero-order valence-electron chi connectivity index (χ0n) is 22.7. The second kappa shape index (κ2) is 12.0. The molecule has 2 saturated heterocycles. The summed E-state index contributed by atoms with van der Waals surface area (Å²) in [5, 5.41) is 7.11. The summed E-state index contributed by atoms with van der Waals surface area (Å²) >= 11 is 5.63. The quantitative estimate of drug-likeness (QED) is 0.429. The Kier molecular flexibility index (Phi) is 8.27. The fourth-order valence-corrected chi connectivity index (χ4v) is 5.68. The van der Waals surface area contributed by atoms with Crippen molar-refractivity contribution in [2.24, 2.45) is 11.8 Å². The van der Waals surface area contributed by atoms with Crippen LogP contribution in [0.25, 0.3) is 0 Å². The first-order valence-electron chi connectivity index (χ1n) is 13.7. The lowest BCUT2D eigenvalue weighted by atomic mass is 9.92. The SMILES string of the molecule is Cc1ccc(CNC(=S)Nc2nc(N3CCN(c4ccccc4)CC3)cc(N3C[C@H](C)C[C@@H](C)C3)n2)cc1. The zero-order chi connectivity index (χ0) is 26.5. The lowest BCUT2D eigenvalue weighted by Gasteiger charge is -2.38. The van der Waals surface area contributed by atoms with Crippen molar-refractivity contribution in [3.63, 3.8) is 0 Å². The van der Waals surface area contributed by atoms with Crippen molar-refractivity contribution >= 4 is 40.6 Å². The van der Waals surface area contributed by atoms with Crippen LogP contribution in [0.3, 0.4) is 0 Å². The third-order valence-corrected chi connectivity index (χ3v) is 7.66. The maximum absolute atomic E-state index is 5.63. The maximum atomic E-state index is 5.63. The molecule has 7 nitrogen and oxygen atoms in total. The molecular weight excluding hydrogens is 490 g/mol. The first-order valence-corrected chi connectivity index (χ1v) is 14.1. The molecule has 8 heteroatoms. The van der Waals surface area contributed by atoms with Crippen LogP contribution in [-0.4, -0.2) is 54.3 Å². The van der Waals surface area contributed by atoms with Gasteiger partial charge in [0.05, 0.1) is 0 Å². The van der Waals surface area contributed by atoms with Gasteiger partial charge in [-0.05, 0) is 55.1 Å². The number of aryl methyl sites for hydroxylation is 1. The van der Waals surface area contributed by atoms with Gasteiger partial charge in [-0.2, -0.15) is 9.97 Å². The lowest BCUT2D eigenvalue weighted by Crippen LogP contribution is -2.47. The minimum absolute atomic E-state index is 0.531. The van der Waals surface area contributed by atoms with Gasteiger partial charge in [-0.25, -0.2) is 0 Å². The van der Waals surface area contributed by atoms with Gasteiger partial charge >= 0.3 is 0 Å². The molecule has 0 saturated carbocycles. The van der Waals surface area contributed by atoms with E-state index in [1.165, 1.54) is 23.2 Å². The fourth-order valence-electron chi connectivity index (χ4n) is 5.52. The highest BCUT2D eigenvalue weighted by Gasteiger charge is 2.25. The molecule has 0 unspecified atom stereocenters. The van der Waals surface area contributed by atoms with E-state index in [4.69, 9.17) is 22.2 Å². The van der Waals surface area contributed by atoms with Crippen molar-refractivity contribution in [3.8, 4) is 0 Å². The Morgan fingerprint density at radius 1 is 0.842 bits per heavy atom. The van der Waals surface area contributed by atoms with Gasteiger partial charge in [0.15, 0.2) is 5.11 Å². The number of nitrogens with one attached hydrogen (secondary N) is 2. The topological polar surface area (TPSA) is 59.6 Å². The van der Waals surface area contributed by atoms with E-state index in [-0.39, 0.29) is 0 Å². The predicted octanol–water partition coefficient (Wildman–Crippen LogP) is 5.08. The third-order valence-electron chi connectivity index (χ3n) is 7.42. The Balaban J connectivity index is 1.31. The van der Waals surface area contributed by atoms with E-state index in [1.54, 1.807) is 0 Å². The molecule has 2 aliphatic rings. The second-order valence-electron chi connectivity index (χ2n) is 10.9. The summed E-state index contributed by atoms with van der Waals surface area (Å²) in [6.07, 6.45) is 1.26. The van der Waals surface area contributed by atoms with Crippen molar-refractivity contribution in [3.05, 3.63) is 71.8 Å².